The molecule has 140 valence electrons. The number of aliphatic carboxylic acids is 1. The lowest BCUT2D eigenvalue weighted by Gasteiger charge is -2.16. The summed E-state index contributed by atoms with van der Waals surface area (Å²) in [7, 11) is 1.66. The molecule has 1 atom stereocenters. The minimum absolute atomic E-state index is 0.185. The van der Waals surface area contributed by atoms with E-state index in [4.69, 9.17) is 14.6 Å². The van der Waals surface area contributed by atoms with Crippen molar-refractivity contribution in [1.29, 1.82) is 0 Å². The minimum Gasteiger partial charge on any atom is -0.475 e. The number of hydrogen-bond donors (Lipinski definition) is 2. The fourth-order valence-corrected chi connectivity index (χ4v) is 2.30. The molecule has 1 aromatic heterocycles. The first-order valence-corrected chi connectivity index (χ1v) is 7.34. The lowest BCUT2D eigenvalue weighted by Crippen LogP contribution is -2.33. The number of carboxylic acid groups (broad SMARTS) is 1. The zero-order chi connectivity index (χ0) is 19.2. The van der Waals surface area contributed by atoms with Gasteiger partial charge in [0.15, 0.2) is 0 Å². The molecule has 1 fully saturated rings. The molecule has 0 saturated carbocycles. The third-order valence-electron chi connectivity index (χ3n) is 3.50. The third kappa shape index (κ3) is 6.22. The number of likely N-dealkylation sites (tertiary alicyclic amines) is 1. The number of ether oxygens (including phenoxy) is 1. The van der Waals surface area contributed by atoms with Gasteiger partial charge in [-0.25, -0.2) is 4.79 Å². The van der Waals surface area contributed by atoms with Gasteiger partial charge >= 0.3 is 12.1 Å². The number of hydrogen-bond acceptors (Lipinski definition) is 4. The van der Waals surface area contributed by atoms with Gasteiger partial charge in [-0.05, 0) is 25.5 Å². The number of halogens is 3. The first kappa shape index (κ1) is 20.7. The second kappa shape index (κ2) is 8.65. The maximum atomic E-state index is 12.2. The standard InChI is InChI=1S/C13H18N2O3.C2HF3O2/c1-9-3-4-11(12(16)14-9)13(17)15-6-5-10(7-15)8-18-2;3-2(4,5)1(6)7/h3-4,10H,5-8H2,1-2H3,(H,14,16);(H,6,7). The first-order valence-electron chi connectivity index (χ1n) is 7.34. The van der Waals surface area contributed by atoms with Gasteiger partial charge in [-0.1, -0.05) is 0 Å². The van der Waals surface area contributed by atoms with Crippen LogP contribution in [0.15, 0.2) is 16.9 Å². The molecular weight excluding hydrogens is 345 g/mol. The number of aromatic amines is 1. The summed E-state index contributed by atoms with van der Waals surface area (Å²) in [5.41, 5.74) is 0.670. The van der Waals surface area contributed by atoms with Gasteiger partial charge in [0.2, 0.25) is 0 Å². The van der Waals surface area contributed by atoms with Crippen LogP contribution in [0.25, 0.3) is 0 Å². The van der Waals surface area contributed by atoms with E-state index in [1.807, 2.05) is 0 Å². The van der Waals surface area contributed by atoms with E-state index in [0.717, 1.165) is 12.1 Å². The van der Waals surface area contributed by atoms with Crippen molar-refractivity contribution in [2.45, 2.75) is 19.5 Å². The van der Waals surface area contributed by atoms with Crippen molar-refractivity contribution >= 4 is 11.9 Å². The molecule has 0 radical (unpaired) electrons. The van der Waals surface area contributed by atoms with Crippen molar-refractivity contribution in [2.24, 2.45) is 5.92 Å². The van der Waals surface area contributed by atoms with Crippen LogP contribution in [0.4, 0.5) is 13.2 Å². The lowest BCUT2D eigenvalue weighted by molar-refractivity contribution is -0.192. The number of pyridine rings is 1. The molecule has 0 aromatic carbocycles. The Hall–Kier alpha value is -2.36. The second-order valence-corrected chi connectivity index (χ2v) is 5.55. The number of alkyl halides is 3. The summed E-state index contributed by atoms with van der Waals surface area (Å²) >= 11 is 0. The molecule has 1 aromatic rings. The van der Waals surface area contributed by atoms with Crippen molar-refractivity contribution < 1.29 is 32.6 Å². The number of carbonyl (C=O) groups excluding carboxylic acids is 1. The number of nitrogens with one attached hydrogen (secondary N) is 1. The van der Waals surface area contributed by atoms with Gasteiger partial charge in [-0.2, -0.15) is 13.2 Å². The highest BCUT2D eigenvalue weighted by molar-refractivity contribution is 5.94. The largest absolute Gasteiger partial charge is 0.490 e. The van der Waals surface area contributed by atoms with Crippen molar-refractivity contribution in [1.82, 2.24) is 9.88 Å². The van der Waals surface area contributed by atoms with E-state index in [0.29, 0.717) is 25.6 Å². The Bertz CT molecular complexity index is 672. The van der Waals surface area contributed by atoms with Crippen LogP contribution in [0.2, 0.25) is 0 Å². The van der Waals surface area contributed by atoms with Crippen molar-refractivity contribution in [2.75, 3.05) is 26.8 Å². The SMILES string of the molecule is COCC1CCN(C(=O)c2ccc(C)[nH]c2=O)C1.O=C(O)C(F)(F)F. The molecule has 1 aliphatic heterocycles. The number of H-pyrrole nitrogens is 1. The Kier molecular flexibility index (Phi) is 7.16. The van der Waals surface area contributed by atoms with Crippen LogP contribution in [-0.4, -0.2) is 59.8 Å². The minimum atomic E-state index is -5.08. The number of methoxy groups -OCH3 is 1. The molecule has 2 heterocycles. The molecule has 25 heavy (non-hydrogen) atoms. The normalized spacial score (nSPS) is 17.0. The first-order chi connectivity index (χ1) is 11.6. The Morgan fingerprint density at radius 2 is 2.00 bits per heavy atom. The van der Waals surface area contributed by atoms with E-state index >= 15 is 0 Å². The van der Waals surface area contributed by atoms with E-state index in [1.54, 1.807) is 31.1 Å². The van der Waals surface area contributed by atoms with Crippen LogP contribution in [-0.2, 0) is 9.53 Å². The highest BCUT2D eigenvalue weighted by atomic mass is 19.4. The summed E-state index contributed by atoms with van der Waals surface area (Å²) in [6, 6.07) is 3.34. The topological polar surface area (TPSA) is 99.7 Å². The quantitative estimate of drug-likeness (QED) is 0.845. The third-order valence-corrected chi connectivity index (χ3v) is 3.50. The Balaban J connectivity index is 0.000000381. The maximum absolute atomic E-state index is 12.2. The number of carbonyl (C=O) groups is 2. The molecule has 1 amide bonds. The zero-order valence-electron chi connectivity index (χ0n) is 13.7. The number of amides is 1. The Labute approximate surface area is 141 Å². The van der Waals surface area contributed by atoms with E-state index in [-0.39, 0.29) is 17.0 Å². The summed E-state index contributed by atoms with van der Waals surface area (Å²) in [6.07, 6.45) is -4.15. The van der Waals surface area contributed by atoms with Crippen LogP contribution in [0.3, 0.4) is 0 Å². The second-order valence-electron chi connectivity index (χ2n) is 5.55. The fourth-order valence-electron chi connectivity index (χ4n) is 2.30. The smallest absolute Gasteiger partial charge is 0.475 e. The fraction of sp³-hybridized carbons (Fsp3) is 0.533. The van der Waals surface area contributed by atoms with Gasteiger partial charge in [0, 0.05) is 31.8 Å². The number of aryl methyl sites for hydroxylation is 1. The predicted molar refractivity (Wildman–Crippen MR) is 81.4 cm³/mol. The van der Waals surface area contributed by atoms with Gasteiger partial charge in [-0.3, -0.25) is 9.59 Å². The van der Waals surface area contributed by atoms with Crippen molar-refractivity contribution in [3.05, 3.63) is 33.7 Å². The molecular formula is C15H19F3N2O5. The number of carboxylic acids is 1. The molecule has 1 aliphatic rings. The number of nitrogens with zero attached hydrogens (tertiary/aromatic N) is 1. The average molecular weight is 364 g/mol. The van der Waals surface area contributed by atoms with Gasteiger partial charge in [0.25, 0.3) is 11.5 Å². The number of rotatable bonds is 3. The molecule has 2 rings (SSSR count). The summed E-state index contributed by atoms with van der Waals surface area (Å²) in [5, 5.41) is 7.12. The van der Waals surface area contributed by atoms with E-state index < -0.39 is 12.1 Å². The van der Waals surface area contributed by atoms with Crippen LogP contribution in [0, 0.1) is 12.8 Å². The molecule has 1 saturated heterocycles. The van der Waals surface area contributed by atoms with Crippen LogP contribution < -0.4 is 5.56 Å². The van der Waals surface area contributed by atoms with Crippen LogP contribution >= 0.6 is 0 Å². The predicted octanol–water partition coefficient (Wildman–Crippen LogP) is 1.43. The molecule has 0 bridgehead atoms. The Morgan fingerprint density at radius 1 is 1.40 bits per heavy atom. The van der Waals surface area contributed by atoms with Gasteiger partial charge < -0.3 is 19.7 Å². The Morgan fingerprint density at radius 3 is 2.48 bits per heavy atom. The van der Waals surface area contributed by atoms with Crippen molar-refractivity contribution in [3.63, 3.8) is 0 Å². The molecule has 2 N–H and O–H groups in total. The molecule has 0 spiro atoms. The van der Waals surface area contributed by atoms with Gasteiger partial charge in [-0.15, -0.1) is 0 Å². The highest BCUT2D eigenvalue weighted by Crippen LogP contribution is 2.18. The van der Waals surface area contributed by atoms with Crippen LogP contribution in [0.5, 0.6) is 0 Å². The molecule has 10 heteroatoms. The zero-order valence-corrected chi connectivity index (χ0v) is 13.7. The highest BCUT2D eigenvalue weighted by Gasteiger charge is 2.38. The van der Waals surface area contributed by atoms with Crippen LogP contribution in [0.1, 0.15) is 22.5 Å². The van der Waals surface area contributed by atoms with E-state index in [9.17, 15) is 22.8 Å². The number of aromatic nitrogens is 1. The van der Waals surface area contributed by atoms with Gasteiger partial charge in [0.1, 0.15) is 5.56 Å². The molecule has 0 aliphatic carbocycles. The molecule has 7 nitrogen and oxygen atoms in total. The lowest BCUT2D eigenvalue weighted by atomic mass is 10.1. The van der Waals surface area contributed by atoms with E-state index in [2.05, 4.69) is 4.98 Å². The average Bonchev–Trinajstić information content (AvgIpc) is 2.95. The monoisotopic (exact) mass is 364 g/mol. The molecule has 1 unspecified atom stereocenters. The summed E-state index contributed by atoms with van der Waals surface area (Å²) < 4.78 is 36.8. The van der Waals surface area contributed by atoms with E-state index in [1.165, 1.54) is 0 Å². The maximum Gasteiger partial charge on any atom is 0.490 e. The van der Waals surface area contributed by atoms with Gasteiger partial charge in [0.05, 0.1) is 6.61 Å². The van der Waals surface area contributed by atoms with Crippen molar-refractivity contribution in [3.8, 4) is 0 Å². The summed E-state index contributed by atoms with van der Waals surface area (Å²) in [6.45, 7) is 3.81. The summed E-state index contributed by atoms with van der Waals surface area (Å²) in [4.78, 5) is 37.2. The summed E-state index contributed by atoms with van der Waals surface area (Å²) in [5.74, 6) is -2.56.